The monoisotopic (exact) mass is 383 g/mol. The van der Waals surface area contributed by atoms with Gasteiger partial charge in [0.1, 0.15) is 17.8 Å². The third kappa shape index (κ3) is 2.05. The maximum Gasteiger partial charge on any atom is 0.246 e. The molecule has 6 nitrogen and oxygen atoms in total. The van der Waals surface area contributed by atoms with E-state index in [1.807, 2.05) is 6.20 Å². The van der Waals surface area contributed by atoms with Crippen molar-refractivity contribution in [3.05, 3.63) is 28.7 Å². The molecule has 0 radical (unpaired) electrons. The van der Waals surface area contributed by atoms with Gasteiger partial charge in [0, 0.05) is 22.9 Å². The van der Waals surface area contributed by atoms with Gasteiger partial charge >= 0.3 is 0 Å². The Hall–Kier alpha value is -1.64. The van der Waals surface area contributed by atoms with Gasteiger partial charge in [-0.05, 0) is 35.1 Å². The first-order chi connectivity index (χ1) is 9.61. The molecule has 0 aromatic carbocycles. The first kappa shape index (κ1) is 13.3. The highest BCUT2D eigenvalue weighted by molar-refractivity contribution is 14.1. The Morgan fingerprint density at radius 1 is 1.55 bits per heavy atom. The van der Waals surface area contributed by atoms with Crippen LogP contribution >= 0.6 is 22.6 Å². The van der Waals surface area contributed by atoms with Crippen molar-refractivity contribution in [3.63, 3.8) is 0 Å². The number of hydrogen-bond acceptors (Lipinski definition) is 4. The van der Waals surface area contributed by atoms with Gasteiger partial charge in [0.2, 0.25) is 5.91 Å². The number of fused-ring (bicyclic) bond motifs is 1. The van der Waals surface area contributed by atoms with Crippen LogP contribution in [0.1, 0.15) is 12.5 Å². The lowest BCUT2D eigenvalue weighted by Gasteiger charge is -2.15. The summed E-state index contributed by atoms with van der Waals surface area (Å²) in [5.41, 5.74) is 6.75. The highest BCUT2D eigenvalue weighted by Crippen LogP contribution is 2.31. The highest BCUT2D eigenvalue weighted by Gasteiger charge is 2.28. The lowest BCUT2D eigenvalue weighted by Crippen LogP contribution is -2.27. The van der Waals surface area contributed by atoms with Crippen molar-refractivity contribution < 1.29 is 4.79 Å². The van der Waals surface area contributed by atoms with Crippen molar-refractivity contribution in [2.45, 2.75) is 12.5 Å². The number of aromatic nitrogens is 3. The minimum Gasteiger partial charge on any atom is -0.383 e. The lowest BCUT2D eigenvalue weighted by atomic mass is 10.2. The van der Waals surface area contributed by atoms with Gasteiger partial charge in [0.25, 0.3) is 0 Å². The zero-order valence-corrected chi connectivity index (χ0v) is 12.9. The molecule has 7 heteroatoms. The van der Waals surface area contributed by atoms with Crippen LogP contribution in [-0.2, 0) is 4.79 Å². The number of nitrogens with two attached hydrogens (primary N) is 1. The molecule has 104 valence electrons. The summed E-state index contributed by atoms with van der Waals surface area (Å²) in [6.45, 7) is 4.95. The molecule has 0 bridgehead atoms. The zero-order chi connectivity index (χ0) is 14.3. The van der Waals surface area contributed by atoms with E-state index in [1.165, 1.54) is 12.4 Å². The fourth-order valence-electron chi connectivity index (χ4n) is 2.64. The summed E-state index contributed by atoms with van der Waals surface area (Å²) in [6, 6.07) is 0.221. The number of anilines is 1. The topological polar surface area (TPSA) is 77.0 Å². The van der Waals surface area contributed by atoms with Crippen LogP contribution in [0.15, 0.2) is 25.2 Å². The van der Waals surface area contributed by atoms with Crippen LogP contribution in [-0.4, -0.2) is 38.4 Å². The number of nitrogen functional groups attached to an aromatic ring is 1. The van der Waals surface area contributed by atoms with E-state index in [-0.39, 0.29) is 11.9 Å². The SMILES string of the molecule is C=CC(=O)N1CC[C@H](n2cc(I)c3c(N)ncnc32)C1. The van der Waals surface area contributed by atoms with E-state index in [0.29, 0.717) is 12.4 Å². The molecule has 0 spiro atoms. The summed E-state index contributed by atoms with van der Waals surface area (Å²) >= 11 is 2.24. The molecule has 0 unspecified atom stereocenters. The summed E-state index contributed by atoms with van der Waals surface area (Å²) in [4.78, 5) is 21.8. The smallest absolute Gasteiger partial charge is 0.246 e. The van der Waals surface area contributed by atoms with Crippen LogP contribution in [0.3, 0.4) is 0 Å². The van der Waals surface area contributed by atoms with Crippen LogP contribution < -0.4 is 5.73 Å². The number of halogens is 1. The van der Waals surface area contributed by atoms with E-state index in [4.69, 9.17) is 5.73 Å². The Morgan fingerprint density at radius 3 is 3.10 bits per heavy atom. The van der Waals surface area contributed by atoms with Gasteiger partial charge in [0.15, 0.2) is 0 Å². The van der Waals surface area contributed by atoms with Crippen molar-refractivity contribution in [3.8, 4) is 0 Å². The van der Waals surface area contributed by atoms with Crippen LogP contribution in [0.4, 0.5) is 5.82 Å². The van der Waals surface area contributed by atoms with Gasteiger partial charge in [0.05, 0.1) is 11.4 Å². The van der Waals surface area contributed by atoms with Crippen LogP contribution in [0.25, 0.3) is 11.0 Å². The van der Waals surface area contributed by atoms with Crippen molar-refractivity contribution in [2.75, 3.05) is 18.8 Å². The standard InChI is InChI=1S/C13H14IN5O/c1-2-10(20)18-4-3-8(5-18)19-6-9(14)11-12(15)16-7-17-13(11)19/h2,6-8H,1,3-5H2,(H2,15,16,17)/t8-/m0/s1. The third-order valence-electron chi connectivity index (χ3n) is 3.64. The van der Waals surface area contributed by atoms with Crippen molar-refractivity contribution in [1.29, 1.82) is 0 Å². The third-order valence-corrected chi connectivity index (χ3v) is 4.45. The highest BCUT2D eigenvalue weighted by atomic mass is 127. The van der Waals surface area contributed by atoms with Gasteiger partial charge < -0.3 is 15.2 Å². The number of rotatable bonds is 2. The van der Waals surface area contributed by atoms with Gasteiger partial charge in [-0.15, -0.1) is 0 Å². The van der Waals surface area contributed by atoms with E-state index >= 15 is 0 Å². The molecule has 1 aliphatic heterocycles. The lowest BCUT2D eigenvalue weighted by molar-refractivity contribution is -0.125. The number of nitrogens with zero attached hydrogens (tertiary/aromatic N) is 4. The molecule has 2 N–H and O–H groups in total. The van der Waals surface area contributed by atoms with Crippen LogP contribution in [0, 0.1) is 3.57 Å². The Labute approximate surface area is 129 Å². The van der Waals surface area contributed by atoms with Crippen molar-refractivity contribution in [2.24, 2.45) is 0 Å². The maximum atomic E-state index is 11.7. The molecule has 1 saturated heterocycles. The normalized spacial score (nSPS) is 18.6. The number of likely N-dealkylation sites (tertiary alicyclic amines) is 1. The summed E-state index contributed by atoms with van der Waals surface area (Å²) in [6.07, 6.45) is 5.78. The quantitative estimate of drug-likeness (QED) is 0.631. The van der Waals surface area contributed by atoms with Gasteiger partial charge in [-0.2, -0.15) is 0 Å². The first-order valence-corrected chi connectivity index (χ1v) is 7.37. The molecule has 3 rings (SSSR count). The average molecular weight is 383 g/mol. The molecule has 1 fully saturated rings. The summed E-state index contributed by atoms with van der Waals surface area (Å²) in [5, 5.41) is 0.890. The number of amides is 1. The van der Waals surface area contributed by atoms with Gasteiger partial charge in [-0.25, -0.2) is 9.97 Å². The number of carbonyl (C=O) groups is 1. The molecular weight excluding hydrogens is 369 g/mol. The van der Waals surface area contributed by atoms with Crippen molar-refractivity contribution >= 4 is 45.3 Å². The Kier molecular flexibility index (Phi) is 3.36. The van der Waals surface area contributed by atoms with E-state index in [2.05, 4.69) is 43.7 Å². The van der Waals surface area contributed by atoms with Gasteiger partial charge in [-0.3, -0.25) is 4.79 Å². The number of hydrogen-bond donors (Lipinski definition) is 1. The fourth-order valence-corrected chi connectivity index (χ4v) is 3.46. The molecule has 0 aliphatic carbocycles. The van der Waals surface area contributed by atoms with Crippen LogP contribution in [0.2, 0.25) is 0 Å². The Morgan fingerprint density at radius 2 is 2.35 bits per heavy atom. The second kappa shape index (κ2) is 5.04. The molecule has 2 aromatic heterocycles. The second-order valence-electron chi connectivity index (χ2n) is 4.77. The summed E-state index contributed by atoms with van der Waals surface area (Å²) in [7, 11) is 0. The average Bonchev–Trinajstić information content (AvgIpc) is 3.04. The zero-order valence-electron chi connectivity index (χ0n) is 10.8. The molecule has 3 heterocycles. The molecule has 20 heavy (non-hydrogen) atoms. The van der Waals surface area contributed by atoms with Gasteiger partial charge in [-0.1, -0.05) is 6.58 Å². The van der Waals surface area contributed by atoms with E-state index in [9.17, 15) is 4.79 Å². The number of carbonyl (C=O) groups excluding carboxylic acids is 1. The fraction of sp³-hybridized carbons (Fsp3) is 0.308. The summed E-state index contributed by atoms with van der Waals surface area (Å²) < 4.78 is 3.13. The summed E-state index contributed by atoms with van der Waals surface area (Å²) in [5.74, 6) is 0.475. The van der Waals surface area contributed by atoms with E-state index in [1.54, 1.807) is 4.90 Å². The van der Waals surface area contributed by atoms with E-state index in [0.717, 1.165) is 27.6 Å². The molecule has 1 atom stereocenters. The Balaban J connectivity index is 1.98. The molecule has 0 saturated carbocycles. The maximum absolute atomic E-state index is 11.7. The predicted octanol–water partition coefficient (Wildman–Crippen LogP) is 1.58. The molecule has 1 aliphatic rings. The van der Waals surface area contributed by atoms with E-state index < -0.39 is 0 Å². The predicted molar refractivity (Wildman–Crippen MR) is 85.1 cm³/mol. The first-order valence-electron chi connectivity index (χ1n) is 6.29. The van der Waals surface area contributed by atoms with Crippen molar-refractivity contribution in [1.82, 2.24) is 19.4 Å². The molecular formula is C13H14IN5O. The molecule has 2 aromatic rings. The second-order valence-corrected chi connectivity index (χ2v) is 5.93. The minimum atomic E-state index is -0.0206. The largest absolute Gasteiger partial charge is 0.383 e. The Bertz CT molecular complexity index is 695. The van der Waals surface area contributed by atoms with Crippen LogP contribution in [0.5, 0.6) is 0 Å². The molecule has 1 amide bonds. The minimum absolute atomic E-state index is 0.0206.